The van der Waals surface area contributed by atoms with E-state index in [1.807, 2.05) is 0 Å². The topological polar surface area (TPSA) is 68.6 Å². The fourth-order valence-corrected chi connectivity index (χ4v) is 2.67. The number of esters is 1. The Morgan fingerprint density at radius 3 is 2.57 bits per heavy atom. The Labute approximate surface area is 123 Å². The minimum atomic E-state index is -0.535. The summed E-state index contributed by atoms with van der Waals surface area (Å²) in [6.45, 7) is 1.99. The van der Waals surface area contributed by atoms with Crippen molar-refractivity contribution in [2.75, 3.05) is 13.7 Å². The van der Waals surface area contributed by atoms with E-state index in [-0.39, 0.29) is 17.7 Å². The number of aromatic nitrogens is 1. The third kappa shape index (κ3) is 2.99. The highest BCUT2D eigenvalue weighted by Crippen LogP contribution is 2.21. The molecule has 0 aromatic carbocycles. The number of hydrogen-bond donors (Lipinski definition) is 0. The molecule has 6 nitrogen and oxygen atoms in total. The van der Waals surface area contributed by atoms with Gasteiger partial charge in [-0.25, -0.2) is 4.79 Å². The molecule has 0 radical (unpaired) electrons. The molecule has 0 spiro atoms. The first-order chi connectivity index (χ1) is 9.95. The lowest BCUT2D eigenvalue weighted by Crippen LogP contribution is -2.48. The number of aryl methyl sites for hydroxylation is 1. The summed E-state index contributed by atoms with van der Waals surface area (Å²) in [5.41, 5.74) is 0.906. The summed E-state index contributed by atoms with van der Waals surface area (Å²) in [4.78, 5) is 37.5. The van der Waals surface area contributed by atoms with Crippen LogP contribution < -0.4 is 0 Å². The number of methoxy groups -OCH3 is 1. The van der Waals surface area contributed by atoms with Crippen LogP contribution in [0.5, 0.6) is 0 Å². The second kappa shape index (κ2) is 6.11. The SMILES string of the molecule is COC(=O)[C@H]1CCCCN1C(=O)c1cc(C(C)=O)cn1C. The van der Waals surface area contributed by atoms with Crippen LogP contribution in [0.1, 0.15) is 47.0 Å². The number of carbonyl (C=O) groups is 3. The predicted molar refractivity (Wildman–Crippen MR) is 76.1 cm³/mol. The molecule has 0 N–H and O–H groups in total. The third-order valence-corrected chi connectivity index (χ3v) is 3.87. The van der Waals surface area contributed by atoms with Gasteiger partial charge >= 0.3 is 5.97 Å². The lowest BCUT2D eigenvalue weighted by molar-refractivity contribution is -0.147. The number of piperidine rings is 1. The molecule has 1 aliphatic rings. The molecule has 1 aliphatic heterocycles. The number of ether oxygens (including phenoxy) is 1. The Hall–Kier alpha value is -2.11. The molecule has 1 fully saturated rings. The number of likely N-dealkylation sites (tertiary alicyclic amines) is 1. The largest absolute Gasteiger partial charge is 0.467 e. The van der Waals surface area contributed by atoms with Gasteiger partial charge in [0.15, 0.2) is 5.78 Å². The van der Waals surface area contributed by atoms with Crippen molar-refractivity contribution in [2.24, 2.45) is 7.05 Å². The number of amides is 1. The summed E-state index contributed by atoms with van der Waals surface area (Å²) in [5, 5.41) is 0. The predicted octanol–water partition coefficient (Wildman–Crippen LogP) is 1.40. The first kappa shape index (κ1) is 15.3. The van der Waals surface area contributed by atoms with Gasteiger partial charge in [0.05, 0.1) is 7.11 Å². The molecule has 6 heteroatoms. The van der Waals surface area contributed by atoms with Crippen LogP contribution >= 0.6 is 0 Å². The molecule has 2 heterocycles. The van der Waals surface area contributed by atoms with Gasteiger partial charge in [-0.2, -0.15) is 0 Å². The summed E-state index contributed by atoms with van der Waals surface area (Å²) in [7, 11) is 3.05. The van der Waals surface area contributed by atoms with E-state index >= 15 is 0 Å². The van der Waals surface area contributed by atoms with Crippen LogP contribution in [-0.4, -0.2) is 46.8 Å². The molecule has 1 amide bonds. The van der Waals surface area contributed by atoms with Crippen LogP contribution in [0.25, 0.3) is 0 Å². The normalized spacial score (nSPS) is 18.4. The first-order valence-corrected chi connectivity index (χ1v) is 7.01. The molecule has 1 aromatic rings. The molecule has 1 atom stereocenters. The van der Waals surface area contributed by atoms with Gasteiger partial charge in [0.25, 0.3) is 5.91 Å². The molecule has 2 rings (SSSR count). The van der Waals surface area contributed by atoms with Crippen LogP contribution in [0.3, 0.4) is 0 Å². The summed E-state index contributed by atoms with van der Waals surface area (Å²) in [5.74, 6) is -0.711. The molecule has 1 saturated heterocycles. The Bertz CT molecular complexity index is 576. The standard InChI is InChI=1S/C15H20N2O4/c1-10(18)11-8-13(16(2)9-11)14(19)17-7-5-4-6-12(17)15(20)21-3/h8-9,12H,4-7H2,1-3H3/t12-/m1/s1. The average molecular weight is 292 g/mol. The fraction of sp³-hybridized carbons (Fsp3) is 0.533. The number of hydrogen-bond acceptors (Lipinski definition) is 4. The number of rotatable bonds is 3. The van der Waals surface area contributed by atoms with Gasteiger partial charge in [0.2, 0.25) is 0 Å². The maximum atomic E-state index is 12.7. The van der Waals surface area contributed by atoms with Crippen molar-refractivity contribution in [2.45, 2.75) is 32.2 Å². The fourth-order valence-electron chi connectivity index (χ4n) is 2.67. The summed E-state index contributed by atoms with van der Waals surface area (Å²) >= 11 is 0. The second-order valence-corrected chi connectivity index (χ2v) is 5.31. The quantitative estimate of drug-likeness (QED) is 0.623. The van der Waals surface area contributed by atoms with Gasteiger partial charge in [-0.15, -0.1) is 0 Å². The average Bonchev–Trinajstić information content (AvgIpc) is 2.88. The van der Waals surface area contributed by atoms with E-state index in [9.17, 15) is 14.4 Å². The van der Waals surface area contributed by atoms with Gasteiger partial charge in [0.1, 0.15) is 11.7 Å². The Kier molecular flexibility index (Phi) is 4.45. The van der Waals surface area contributed by atoms with Gasteiger partial charge in [0, 0.05) is 25.4 Å². The number of Topliss-reactive ketones (excluding diaryl/α,β-unsaturated/α-hetero) is 1. The molecule has 0 unspecified atom stereocenters. The van der Waals surface area contributed by atoms with Crippen molar-refractivity contribution in [3.63, 3.8) is 0 Å². The van der Waals surface area contributed by atoms with Crippen molar-refractivity contribution in [1.82, 2.24) is 9.47 Å². The van der Waals surface area contributed by atoms with Gasteiger partial charge in [-0.3, -0.25) is 9.59 Å². The highest BCUT2D eigenvalue weighted by molar-refractivity contribution is 6.00. The van der Waals surface area contributed by atoms with Crippen molar-refractivity contribution >= 4 is 17.7 Å². The lowest BCUT2D eigenvalue weighted by atomic mass is 10.0. The zero-order chi connectivity index (χ0) is 15.6. The minimum absolute atomic E-state index is 0.0900. The zero-order valence-corrected chi connectivity index (χ0v) is 12.6. The highest BCUT2D eigenvalue weighted by atomic mass is 16.5. The molecular formula is C15H20N2O4. The van der Waals surface area contributed by atoms with Crippen LogP contribution in [0.15, 0.2) is 12.3 Å². The smallest absolute Gasteiger partial charge is 0.328 e. The van der Waals surface area contributed by atoms with Crippen molar-refractivity contribution in [3.8, 4) is 0 Å². The highest BCUT2D eigenvalue weighted by Gasteiger charge is 2.34. The van der Waals surface area contributed by atoms with E-state index in [4.69, 9.17) is 4.74 Å². The lowest BCUT2D eigenvalue weighted by Gasteiger charge is -2.33. The van der Waals surface area contributed by atoms with Crippen molar-refractivity contribution in [1.29, 1.82) is 0 Å². The van der Waals surface area contributed by atoms with Crippen molar-refractivity contribution in [3.05, 3.63) is 23.5 Å². The number of nitrogens with zero attached hydrogens (tertiary/aromatic N) is 2. The molecule has 0 aliphatic carbocycles. The van der Waals surface area contributed by atoms with E-state index in [2.05, 4.69) is 0 Å². The number of carbonyl (C=O) groups excluding carboxylic acids is 3. The van der Waals surface area contributed by atoms with Gasteiger partial charge in [-0.1, -0.05) is 0 Å². The maximum Gasteiger partial charge on any atom is 0.328 e. The van der Waals surface area contributed by atoms with E-state index in [0.717, 1.165) is 12.8 Å². The van der Waals surface area contributed by atoms with Crippen LogP contribution in [0.4, 0.5) is 0 Å². The molecule has 114 valence electrons. The molecule has 1 aromatic heterocycles. The van der Waals surface area contributed by atoms with Crippen LogP contribution in [0, 0.1) is 0 Å². The van der Waals surface area contributed by atoms with E-state index in [1.54, 1.807) is 28.8 Å². The molecule has 0 bridgehead atoms. The van der Waals surface area contributed by atoms with E-state index in [0.29, 0.717) is 24.2 Å². The summed E-state index contributed by atoms with van der Waals surface area (Å²) < 4.78 is 6.41. The molecule has 0 saturated carbocycles. The second-order valence-electron chi connectivity index (χ2n) is 5.31. The Morgan fingerprint density at radius 1 is 1.29 bits per heavy atom. The number of ketones is 1. The Morgan fingerprint density at radius 2 is 2.00 bits per heavy atom. The minimum Gasteiger partial charge on any atom is -0.467 e. The molecule has 21 heavy (non-hydrogen) atoms. The molecular weight excluding hydrogens is 272 g/mol. The van der Waals surface area contributed by atoms with E-state index < -0.39 is 6.04 Å². The summed E-state index contributed by atoms with van der Waals surface area (Å²) in [6.07, 6.45) is 4.01. The van der Waals surface area contributed by atoms with E-state index in [1.165, 1.54) is 14.0 Å². The van der Waals surface area contributed by atoms with Gasteiger partial charge < -0.3 is 14.2 Å². The van der Waals surface area contributed by atoms with Crippen LogP contribution in [0.2, 0.25) is 0 Å². The maximum absolute atomic E-state index is 12.7. The zero-order valence-electron chi connectivity index (χ0n) is 12.6. The first-order valence-electron chi connectivity index (χ1n) is 7.01. The monoisotopic (exact) mass is 292 g/mol. The third-order valence-electron chi connectivity index (χ3n) is 3.87. The van der Waals surface area contributed by atoms with Crippen LogP contribution in [-0.2, 0) is 16.6 Å². The van der Waals surface area contributed by atoms with Crippen molar-refractivity contribution < 1.29 is 19.1 Å². The van der Waals surface area contributed by atoms with Gasteiger partial charge in [-0.05, 0) is 32.3 Å². The summed E-state index contributed by atoms with van der Waals surface area (Å²) in [6, 6.07) is 1.04. The Balaban J connectivity index is 2.28.